The molecule has 1 aliphatic rings. The van der Waals surface area contributed by atoms with Gasteiger partial charge in [-0.25, -0.2) is 4.39 Å². The molecule has 0 amide bonds. The Bertz CT molecular complexity index is 386. The van der Waals surface area contributed by atoms with Crippen LogP contribution in [0.5, 0.6) is 0 Å². The second-order valence-electron chi connectivity index (χ2n) is 4.59. The lowest BCUT2D eigenvalue weighted by atomic mass is 10.1. The van der Waals surface area contributed by atoms with E-state index >= 15 is 0 Å². The van der Waals surface area contributed by atoms with E-state index in [9.17, 15) is 4.39 Å². The standard InChI is InChI=1S/C13H17BrFNO/c1-17-9-11-4-5-16(8-11)7-10-2-3-13(15)12(14)6-10/h2-3,6,11H,4-5,7-9H2,1H3. The maximum Gasteiger partial charge on any atom is 0.137 e. The van der Waals surface area contributed by atoms with Crippen molar-refractivity contribution >= 4 is 15.9 Å². The SMILES string of the molecule is COCC1CCN(Cc2ccc(F)c(Br)c2)C1. The number of hydrogen-bond donors (Lipinski definition) is 0. The van der Waals surface area contributed by atoms with Crippen LogP contribution in [0.4, 0.5) is 4.39 Å². The Morgan fingerprint density at radius 1 is 1.53 bits per heavy atom. The molecule has 17 heavy (non-hydrogen) atoms. The summed E-state index contributed by atoms with van der Waals surface area (Å²) in [5.74, 6) is 0.441. The van der Waals surface area contributed by atoms with Gasteiger partial charge in [0.1, 0.15) is 5.82 Å². The molecule has 1 aromatic rings. The van der Waals surface area contributed by atoms with Gasteiger partial charge in [-0.05, 0) is 52.5 Å². The molecule has 2 nitrogen and oxygen atoms in total. The van der Waals surface area contributed by atoms with Gasteiger partial charge < -0.3 is 4.74 Å². The van der Waals surface area contributed by atoms with Crippen LogP contribution in [0.15, 0.2) is 22.7 Å². The molecule has 0 bridgehead atoms. The highest BCUT2D eigenvalue weighted by Crippen LogP contribution is 2.21. The van der Waals surface area contributed by atoms with Crippen molar-refractivity contribution in [3.8, 4) is 0 Å². The molecule has 0 aliphatic carbocycles. The van der Waals surface area contributed by atoms with Crippen molar-refractivity contribution in [2.75, 3.05) is 26.8 Å². The van der Waals surface area contributed by atoms with Crippen molar-refractivity contribution in [3.63, 3.8) is 0 Å². The van der Waals surface area contributed by atoms with Crippen molar-refractivity contribution in [1.82, 2.24) is 4.90 Å². The van der Waals surface area contributed by atoms with Crippen molar-refractivity contribution in [1.29, 1.82) is 0 Å². The highest BCUT2D eigenvalue weighted by atomic mass is 79.9. The number of benzene rings is 1. The third-order valence-corrected chi connectivity index (χ3v) is 3.77. The first-order valence-electron chi connectivity index (χ1n) is 5.84. The predicted octanol–water partition coefficient (Wildman–Crippen LogP) is 3.06. The molecular formula is C13H17BrFNO. The fraction of sp³-hybridized carbons (Fsp3) is 0.538. The van der Waals surface area contributed by atoms with E-state index in [1.54, 1.807) is 7.11 Å². The van der Waals surface area contributed by atoms with Crippen molar-refractivity contribution in [2.45, 2.75) is 13.0 Å². The molecule has 0 aromatic heterocycles. The van der Waals surface area contributed by atoms with Crippen LogP contribution >= 0.6 is 15.9 Å². The van der Waals surface area contributed by atoms with Gasteiger partial charge in [0.15, 0.2) is 0 Å². The van der Waals surface area contributed by atoms with Crippen molar-refractivity contribution in [3.05, 3.63) is 34.1 Å². The first-order chi connectivity index (χ1) is 8.19. The Labute approximate surface area is 110 Å². The average Bonchev–Trinajstić information content (AvgIpc) is 2.72. The lowest BCUT2D eigenvalue weighted by Crippen LogP contribution is -2.21. The van der Waals surface area contributed by atoms with Crippen molar-refractivity contribution in [2.24, 2.45) is 5.92 Å². The molecule has 4 heteroatoms. The zero-order chi connectivity index (χ0) is 12.3. The van der Waals surface area contributed by atoms with E-state index in [0.29, 0.717) is 10.4 Å². The summed E-state index contributed by atoms with van der Waals surface area (Å²) in [7, 11) is 1.75. The molecule has 1 aromatic carbocycles. The molecule has 1 heterocycles. The van der Waals surface area contributed by atoms with Gasteiger partial charge in [-0.3, -0.25) is 4.90 Å². The second-order valence-corrected chi connectivity index (χ2v) is 5.45. The summed E-state index contributed by atoms with van der Waals surface area (Å²) in [4.78, 5) is 2.39. The molecule has 1 unspecified atom stereocenters. The van der Waals surface area contributed by atoms with Crippen molar-refractivity contribution < 1.29 is 9.13 Å². The van der Waals surface area contributed by atoms with E-state index in [2.05, 4.69) is 20.8 Å². The summed E-state index contributed by atoms with van der Waals surface area (Å²) < 4.78 is 18.8. The smallest absolute Gasteiger partial charge is 0.137 e. The van der Waals surface area contributed by atoms with Gasteiger partial charge in [0.2, 0.25) is 0 Å². The van der Waals surface area contributed by atoms with Crippen LogP contribution in [0.1, 0.15) is 12.0 Å². The molecule has 1 aliphatic heterocycles. The largest absolute Gasteiger partial charge is 0.384 e. The third kappa shape index (κ3) is 3.50. The van der Waals surface area contributed by atoms with E-state index in [-0.39, 0.29) is 5.82 Å². The van der Waals surface area contributed by atoms with Crippen LogP contribution in [0.3, 0.4) is 0 Å². The van der Waals surface area contributed by atoms with Gasteiger partial charge in [-0.1, -0.05) is 6.07 Å². The fourth-order valence-corrected chi connectivity index (χ4v) is 2.75. The summed E-state index contributed by atoms with van der Waals surface area (Å²) in [6, 6.07) is 5.23. The zero-order valence-electron chi connectivity index (χ0n) is 9.96. The van der Waals surface area contributed by atoms with Crippen LogP contribution in [0.2, 0.25) is 0 Å². The van der Waals surface area contributed by atoms with Crippen LogP contribution in [0.25, 0.3) is 0 Å². The summed E-state index contributed by atoms with van der Waals surface area (Å²) in [5.41, 5.74) is 1.15. The molecule has 2 rings (SSSR count). The number of methoxy groups -OCH3 is 1. The molecule has 0 N–H and O–H groups in total. The lowest BCUT2D eigenvalue weighted by Gasteiger charge is -2.16. The number of rotatable bonds is 4. The Morgan fingerprint density at radius 2 is 2.35 bits per heavy atom. The quantitative estimate of drug-likeness (QED) is 0.847. The maximum atomic E-state index is 13.1. The zero-order valence-corrected chi connectivity index (χ0v) is 11.5. The first-order valence-corrected chi connectivity index (χ1v) is 6.63. The molecule has 1 atom stereocenters. The van der Waals surface area contributed by atoms with E-state index in [0.717, 1.165) is 31.8 Å². The first kappa shape index (κ1) is 13.0. The van der Waals surface area contributed by atoms with Gasteiger partial charge in [0, 0.05) is 20.2 Å². The normalized spacial score (nSPS) is 21.0. The molecular weight excluding hydrogens is 285 g/mol. The van der Waals surface area contributed by atoms with Crippen LogP contribution in [-0.2, 0) is 11.3 Å². The molecule has 1 fully saturated rings. The van der Waals surface area contributed by atoms with E-state index < -0.39 is 0 Å². The summed E-state index contributed by atoms with van der Waals surface area (Å²) in [5, 5.41) is 0. The van der Waals surface area contributed by atoms with Gasteiger partial charge >= 0.3 is 0 Å². The Balaban J connectivity index is 1.91. The van der Waals surface area contributed by atoms with Gasteiger partial charge in [-0.15, -0.1) is 0 Å². The predicted molar refractivity (Wildman–Crippen MR) is 69.4 cm³/mol. The molecule has 94 valence electrons. The van der Waals surface area contributed by atoms with Gasteiger partial charge in [0.25, 0.3) is 0 Å². The van der Waals surface area contributed by atoms with E-state index in [1.807, 2.05) is 12.1 Å². The van der Waals surface area contributed by atoms with E-state index in [1.165, 1.54) is 12.5 Å². The molecule has 0 saturated carbocycles. The summed E-state index contributed by atoms with van der Waals surface area (Å²) in [6.45, 7) is 3.90. The third-order valence-electron chi connectivity index (χ3n) is 3.16. The number of hydrogen-bond acceptors (Lipinski definition) is 2. The lowest BCUT2D eigenvalue weighted by molar-refractivity contribution is 0.152. The molecule has 0 radical (unpaired) electrons. The van der Waals surface area contributed by atoms with Gasteiger partial charge in [-0.2, -0.15) is 0 Å². The summed E-state index contributed by atoms with van der Waals surface area (Å²) in [6.07, 6.45) is 1.19. The highest BCUT2D eigenvalue weighted by Gasteiger charge is 2.22. The van der Waals surface area contributed by atoms with Crippen LogP contribution in [0, 0.1) is 11.7 Å². The Hall–Kier alpha value is -0.450. The minimum atomic E-state index is -0.201. The minimum Gasteiger partial charge on any atom is -0.384 e. The topological polar surface area (TPSA) is 12.5 Å². The number of likely N-dealkylation sites (tertiary alicyclic amines) is 1. The molecule has 0 spiro atoms. The number of halogens is 2. The maximum absolute atomic E-state index is 13.1. The monoisotopic (exact) mass is 301 g/mol. The van der Waals surface area contributed by atoms with Crippen LogP contribution in [-0.4, -0.2) is 31.7 Å². The number of nitrogens with zero attached hydrogens (tertiary/aromatic N) is 1. The summed E-state index contributed by atoms with van der Waals surface area (Å²) >= 11 is 3.22. The second kappa shape index (κ2) is 5.94. The number of ether oxygens (including phenoxy) is 1. The van der Waals surface area contributed by atoms with Gasteiger partial charge in [0.05, 0.1) is 11.1 Å². The fourth-order valence-electron chi connectivity index (χ4n) is 2.32. The van der Waals surface area contributed by atoms with E-state index in [4.69, 9.17) is 4.74 Å². The Kier molecular flexibility index (Phi) is 4.54. The average molecular weight is 302 g/mol. The minimum absolute atomic E-state index is 0.201. The molecule has 1 saturated heterocycles. The Morgan fingerprint density at radius 3 is 3.06 bits per heavy atom. The van der Waals surface area contributed by atoms with Crippen LogP contribution < -0.4 is 0 Å². The highest BCUT2D eigenvalue weighted by molar-refractivity contribution is 9.10.